The maximum atomic E-state index is 12.3. The largest absolute Gasteiger partial charge is 0.497 e. The molecule has 0 aromatic heterocycles. The summed E-state index contributed by atoms with van der Waals surface area (Å²) in [7, 11) is 3.18. The smallest absolute Gasteiger partial charge is 0.265 e. The molecule has 2 N–H and O–H groups in total. The molecule has 7 nitrogen and oxygen atoms in total. The van der Waals surface area contributed by atoms with Crippen LogP contribution < -0.4 is 24.8 Å². The van der Waals surface area contributed by atoms with E-state index in [1.54, 1.807) is 45.4 Å². The fraction of sp³-hybridized carbons (Fsp3) is 0.300. The highest BCUT2D eigenvalue weighted by molar-refractivity contribution is 5.99. The Labute approximate surface area is 157 Å². The van der Waals surface area contributed by atoms with Crippen LogP contribution in [0, 0.1) is 0 Å². The van der Waals surface area contributed by atoms with Crippen molar-refractivity contribution in [1.29, 1.82) is 0 Å². The van der Waals surface area contributed by atoms with Crippen molar-refractivity contribution < 1.29 is 23.8 Å². The highest BCUT2D eigenvalue weighted by Crippen LogP contribution is 2.32. The Balaban J connectivity index is 1.62. The van der Waals surface area contributed by atoms with Crippen LogP contribution in [0.3, 0.4) is 0 Å². The van der Waals surface area contributed by atoms with E-state index in [2.05, 4.69) is 10.6 Å². The molecule has 0 saturated heterocycles. The zero-order chi connectivity index (χ0) is 19.4. The SMILES string of the molecule is COc1cc(CCC(=O)Nc2ccc3c(c2)NC(=O)C(C)O3)cc(OC)c1. The van der Waals surface area contributed by atoms with E-state index in [-0.39, 0.29) is 11.8 Å². The van der Waals surface area contributed by atoms with E-state index in [4.69, 9.17) is 14.2 Å². The molecule has 7 heteroatoms. The Kier molecular flexibility index (Phi) is 5.49. The molecule has 1 atom stereocenters. The number of amides is 2. The van der Waals surface area contributed by atoms with Gasteiger partial charge in [-0.15, -0.1) is 0 Å². The first-order valence-corrected chi connectivity index (χ1v) is 8.62. The molecule has 2 aromatic carbocycles. The number of aryl methyl sites for hydroxylation is 1. The van der Waals surface area contributed by atoms with Gasteiger partial charge < -0.3 is 24.8 Å². The summed E-state index contributed by atoms with van der Waals surface area (Å²) >= 11 is 0. The Hall–Kier alpha value is -3.22. The second-order valence-electron chi connectivity index (χ2n) is 6.23. The predicted molar refractivity (Wildman–Crippen MR) is 102 cm³/mol. The van der Waals surface area contributed by atoms with E-state index in [1.807, 2.05) is 12.1 Å². The third-order valence-electron chi connectivity index (χ3n) is 4.25. The molecule has 0 aliphatic carbocycles. The third-order valence-corrected chi connectivity index (χ3v) is 4.25. The summed E-state index contributed by atoms with van der Waals surface area (Å²) in [4.78, 5) is 24.0. The lowest BCUT2D eigenvalue weighted by molar-refractivity contribution is -0.122. The topological polar surface area (TPSA) is 85.9 Å². The number of fused-ring (bicyclic) bond motifs is 1. The van der Waals surface area contributed by atoms with Crippen LogP contribution in [0.25, 0.3) is 0 Å². The van der Waals surface area contributed by atoms with Crippen LogP contribution in [-0.2, 0) is 16.0 Å². The average molecular weight is 370 g/mol. The van der Waals surface area contributed by atoms with E-state index in [1.165, 1.54) is 0 Å². The number of ether oxygens (including phenoxy) is 3. The molecule has 1 unspecified atom stereocenters. The van der Waals surface area contributed by atoms with E-state index in [0.717, 1.165) is 5.56 Å². The number of hydrogen-bond donors (Lipinski definition) is 2. The van der Waals surface area contributed by atoms with Crippen LogP contribution >= 0.6 is 0 Å². The molecular formula is C20H22N2O5. The number of nitrogens with one attached hydrogen (secondary N) is 2. The molecule has 1 aliphatic rings. The van der Waals surface area contributed by atoms with Crippen molar-refractivity contribution >= 4 is 23.2 Å². The van der Waals surface area contributed by atoms with Gasteiger partial charge in [-0.3, -0.25) is 9.59 Å². The summed E-state index contributed by atoms with van der Waals surface area (Å²) < 4.78 is 16.0. The quantitative estimate of drug-likeness (QED) is 0.816. The Morgan fingerprint density at radius 2 is 1.85 bits per heavy atom. The van der Waals surface area contributed by atoms with E-state index in [0.29, 0.717) is 41.5 Å². The van der Waals surface area contributed by atoms with Crippen LogP contribution in [-0.4, -0.2) is 32.1 Å². The lowest BCUT2D eigenvalue weighted by Gasteiger charge is -2.23. The van der Waals surface area contributed by atoms with Gasteiger partial charge in [0.2, 0.25) is 5.91 Å². The fourth-order valence-electron chi connectivity index (χ4n) is 2.78. The van der Waals surface area contributed by atoms with Gasteiger partial charge >= 0.3 is 0 Å². The maximum absolute atomic E-state index is 12.3. The van der Waals surface area contributed by atoms with Crippen molar-refractivity contribution in [2.24, 2.45) is 0 Å². The second-order valence-corrected chi connectivity index (χ2v) is 6.23. The van der Waals surface area contributed by atoms with E-state index >= 15 is 0 Å². The summed E-state index contributed by atoms with van der Waals surface area (Å²) in [5.41, 5.74) is 2.09. The van der Waals surface area contributed by atoms with Gasteiger partial charge in [0.05, 0.1) is 19.9 Å². The number of carbonyl (C=O) groups is 2. The molecule has 142 valence electrons. The minimum atomic E-state index is -0.530. The van der Waals surface area contributed by atoms with E-state index in [9.17, 15) is 9.59 Å². The summed E-state index contributed by atoms with van der Waals surface area (Å²) in [6.07, 6.45) is 0.312. The molecule has 2 aromatic rings. The highest BCUT2D eigenvalue weighted by Gasteiger charge is 2.23. The Bertz CT molecular complexity index is 843. The minimum absolute atomic E-state index is 0.131. The maximum Gasteiger partial charge on any atom is 0.265 e. The molecule has 27 heavy (non-hydrogen) atoms. The van der Waals surface area contributed by atoms with Crippen molar-refractivity contribution in [3.63, 3.8) is 0 Å². The zero-order valence-electron chi connectivity index (χ0n) is 15.5. The first kappa shape index (κ1) is 18.6. The van der Waals surface area contributed by atoms with Gasteiger partial charge in [-0.25, -0.2) is 0 Å². The third kappa shape index (κ3) is 4.49. The molecule has 0 bridgehead atoms. The molecule has 0 fully saturated rings. The first-order chi connectivity index (χ1) is 13.0. The number of hydrogen-bond acceptors (Lipinski definition) is 5. The van der Waals surface area contributed by atoms with Gasteiger partial charge in [0.1, 0.15) is 17.2 Å². The molecule has 1 aliphatic heterocycles. The first-order valence-electron chi connectivity index (χ1n) is 8.62. The van der Waals surface area contributed by atoms with Crippen LogP contribution in [0.15, 0.2) is 36.4 Å². The van der Waals surface area contributed by atoms with Gasteiger partial charge in [0.15, 0.2) is 6.10 Å². The normalized spacial score (nSPS) is 15.2. The fourth-order valence-corrected chi connectivity index (χ4v) is 2.78. The van der Waals surface area contributed by atoms with Crippen LogP contribution in [0.5, 0.6) is 17.2 Å². The summed E-state index contributed by atoms with van der Waals surface area (Å²) in [5, 5.41) is 5.60. The average Bonchev–Trinajstić information content (AvgIpc) is 2.67. The molecule has 3 rings (SSSR count). The van der Waals surface area contributed by atoms with Gasteiger partial charge in [0.25, 0.3) is 5.91 Å². The second kappa shape index (κ2) is 7.99. The Morgan fingerprint density at radius 3 is 2.52 bits per heavy atom. The molecular weight excluding hydrogens is 348 g/mol. The van der Waals surface area contributed by atoms with Crippen molar-refractivity contribution in [2.45, 2.75) is 25.9 Å². The zero-order valence-corrected chi connectivity index (χ0v) is 15.5. The van der Waals surface area contributed by atoms with Crippen LogP contribution in [0.1, 0.15) is 18.9 Å². The van der Waals surface area contributed by atoms with E-state index < -0.39 is 6.10 Å². The number of anilines is 2. The van der Waals surface area contributed by atoms with Crippen molar-refractivity contribution in [3.8, 4) is 17.2 Å². The minimum Gasteiger partial charge on any atom is -0.497 e. The predicted octanol–water partition coefficient (Wildman–Crippen LogP) is 2.99. The van der Waals surface area contributed by atoms with Crippen molar-refractivity contribution in [1.82, 2.24) is 0 Å². The monoisotopic (exact) mass is 370 g/mol. The van der Waals surface area contributed by atoms with Crippen LogP contribution in [0.4, 0.5) is 11.4 Å². The van der Waals surface area contributed by atoms with Crippen molar-refractivity contribution in [3.05, 3.63) is 42.0 Å². The summed E-state index contributed by atoms with van der Waals surface area (Å²) in [6, 6.07) is 10.7. The number of methoxy groups -OCH3 is 2. The number of rotatable bonds is 6. The number of carbonyl (C=O) groups excluding carboxylic acids is 2. The molecule has 0 saturated carbocycles. The highest BCUT2D eigenvalue weighted by atomic mass is 16.5. The lowest BCUT2D eigenvalue weighted by atomic mass is 10.1. The molecule has 1 heterocycles. The van der Waals surface area contributed by atoms with Crippen LogP contribution in [0.2, 0.25) is 0 Å². The van der Waals surface area contributed by atoms with Crippen molar-refractivity contribution in [2.75, 3.05) is 24.9 Å². The molecule has 2 amide bonds. The van der Waals surface area contributed by atoms with Gasteiger partial charge in [0, 0.05) is 18.2 Å². The number of benzene rings is 2. The summed E-state index contributed by atoms with van der Waals surface area (Å²) in [6.45, 7) is 1.68. The molecule has 0 spiro atoms. The molecule has 0 radical (unpaired) electrons. The lowest BCUT2D eigenvalue weighted by Crippen LogP contribution is -2.34. The Morgan fingerprint density at radius 1 is 1.15 bits per heavy atom. The van der Waals surface area contributed by atoms with Gasteiger partial charge in [-0.05, 0) is 49.2 Å². The standard InChI is InChI=1S/C20H22N2O5/c1-12-20(24)22-17-10-14(5-6-18(17)27-12)21-19(23)7-4-13-8-15(25-2)11-16(9-13)26-3/h5-6,8-12H,4,7H2,1-3H3,(H,21,23)(H,22,24). The summed E-state index contributed by atoms with van der Waals surface area (Å²) in [5.74, 6) is 1.61. The van der Waals surface area contributed by atoms with Gasteiger partial charge in [-0.2, -0.15) is 0 Å². The van der Waals surface area contributed by atoms with Gasteiger partial charge in [-0.1, -0.05) is 0 Å².